The van der Waals surface area contributed by atoms with Crippen molar-refractivity contribution in [2.75, 3.05) is 18.5 Å². The average molecular weight is 273 g/mol. The lowest BCUT2D eigenvalue weighted by atomic mass is 10.2. The number of hydrogen-bond acceptors (Lipinski definition) is 6. The topological polar surface area (TPSA) is 86.5 Å². The molecule has 2 aromatic rings. The van der Waals surface area contributed by atoms with Gasteiger partial charge in [-0.15, -0.1) is 0 Å². The lowest BCUT2D eigenvalue weighted by Gasteiger charge is -2.19. The molecule has 0 spiro atoms. The normalized spacial score (nSPS) is 12.8. The highest BCUT2D eigenvalue weighted by atomic mass is 16.6. The molecule has 0 radical (unpaired) electrons. The van der Waals surface area contributed by atoms with Crippen LogP contribution < -0.4 is 14.8 Å². The Morgan fingerprint density at radius 2 is 1.95 bits per heavy atom. The monoisotopic (exact) mass is 273 g/mol. The van der Waals surface area contributed by atoms with Gasteiger partial charge in [0, 0.05) is 17.8 Å². The van der Waals surface area contributed by atoms with E-state index in [9.17, 15) is 10.1 Å². The van der Waals surface area contributed by atoms with Crippen LogP contribution in [0.15, 0.2) is 36.5 Å². The van der Waals surface area contributed by atoms with Crippen LogP contribution in [0.4, 0.5) is 17.2 Å². The molecular weight excluding hydrogens is 262 g/mol. The summed E-state index contributed by atoms with van der Waals surface area (Å²) in [5.74, 6) is 1.90. The Bertz CT molecular complexity index is 643. The Labute approximate surface area is 114 Å². The number of rotatable bonds is 3. The maximum Gasteiger partial charge on any atom is 0.287 e. The Kier molecular flexibility index (Phi) is 3.08. The molecule has 2 heterocycles. The van der Waals surface area contributed by atoms with E-state index in [0.29, 0.717) is 30.5 Å². The number of fused-ring (bicyclic) bond motifs is 1. The van der Waals surface area contributed by atoms with Crippen LogP contribution in [-0.4, -0.2) is 23.1 Å². The van der Waals surface area contributed by atoms with Gasteiger partial charge in [-0.3, -0.25) is 10.1 Å². The first-order valence-electron chi connectivity index (χ1n) is 5.99. The van der Waals surface area contributed by atoms with Crippen LogP contribution in [0.5, 0.6) is 11.5 Å². The zero-order valence-electron chi connectivity index (χ0n) is 10.4. The number of nitrogens with one attached hydrogen (secondary N) is 1. The zero-order valence-corrected chi connectivity index (χ0v) is 10.4. The SMILES string of the molecule is O=[N+]([O-])c1ccc(Nc2ccc3c(c2)OCCO3)nc1. The maximum atomic E-state index is 10.5. The molecule has 0 saturated heterocycles. The Morgan fingerprint density at radius 1 is 1.15 bits per heavy atom. The maximum absolute atomic E-state index is 10.5. The summed E-state index contributed by atoms with van der Waals surface area (Å²) in [6.07, 6.45) is 1.21. The van der Waals surface area contributed by atoms with E-state index in [1.165, 1.54) is 12.3 Å². The first kappa shape index (κ1) is 12.2. The minimum Gasteiger partial charge on any atom is -0.486 e. The van der Waals surface area contributed by atoms with Crippen LogP contribution in [-0.2, 0) is 0 Å². The summed E-state index contributed by atoms with van der Waals surface area (Å²) in [5.41, 5.74) is 0.730. The molecule has 1 aliphatic heterocycles. The zero-order chi connectivity index (χ0) is 13.9. The Balaban J connectivity index is 1.78. The molecule has 0 atom stereocenters. The van der Waals surface area contributed by atoms with Gasteiger partial charge in [-0.05, 0) is 18.2 Å². The molecule has 1 aromatic heterocycles. The number of nitrogens with zero attached hydrogens (tertiary/aromatic N) is 2. The molecule has 3 rings (SSSR count). The molecule has 0 unspecified atom stereocenters. The van der Waals surface area contributed by atoms with Crippen molar-refractivity contribution in [2.24, 2.45) is 0 Å². The van der Waals surface area contributed by atoms with Crippen molar-refractivity contribution in [3.05, 3.63) is 46.6 Å². The van der Waals surface area contributed by atoms with Gasteiger partial charge in [-0.2, -0.15) is 0 Å². The minimum atomic E-state index is -0.485. The highest BCUT2D eigenvalue weighted by Crippen LogP contribution is 2.33. The molecule has 0 bridgehead atoms. The van der Waals surface area contributed by atoms with E-state index in [4.69, 9.17) is 9.47 Å². The summed E-state index contributed by atoms with van der Waals surface area (Å²) in [4.78, 5) is 14.0. The van der Waals surface area contributed by atoms with Crippen LogP contribution >= 0.6 is 0 Å². The van der Waals surface area contributed by atoms with Gasteiger partial charge >= 0.3 is 0 Å². The second-order valence-electron chi connectivity index (χ2n) is 4.14. The van der Waals surface area contributed by atoms with Gasteiger partial charge in [0.05, 0.1) is 4.92 Å². The number of hydrogen-bond donors (Lipinski definition) is 1. The van der Waals surface area contributed by atoms with Gasteiger partial charge < -0.3 is 14.8 Å². The van der Waals surface area contributed by atoms with Gasteiger partial charge in [0.25, 0.3) is 5.69 Å². The van der Waals surface area contributed by atoms with E-state index >= 15 is 0 Å². The molecule has 0 saturated carbocycles. The number of pyridine rings is 1. The second kappa shape index (κ2) is 5.04. The van der Waals surface area contributed by atoms with Crippen LogP contribution in [0, 0.1) is 10.1 Å². The summed E-state index contributed by atoms with van der Waals surface area (Å²) in [6.45, 7) is 1.07. The van der Waals surface area contributed by atoms with Gasteiger partial charge in [0.15, 0.2) is 11.5 Å². The lowest BCUT2D eigenvalue weighted by Crippen LogP contribution is -2.15. The van der Waals surface area contributed by atoms with Gasteiger partial charge in [-0.25, -0.2) is 4.98 Å². The third-order valence-corrected chi connectivity index (χ3v) is 2.77. The second-order valence-corrected chi connectivity index (χ2v) is 4.14. The van der Waals surface area contributed by atoms with Crippen molar-refractivity contribution in [1.82, 2.24) is 4.98 Å². The Morgan fingerprint density at radius 3 is 2.65 bits per heavy atom. The number of nitro groups is 1. The number of aromatic nitrogens is 1. The predicted molar refractivity (Wildman–Crippen MR) is 71.6 cm³/mol. The largest absolute Gasteiger partial charge is 0.486 e. The fourth-order valence-electron chi connectivity index (χ4n) is 1.84. The molecule has 20 heavy (non-hydrogen) atoms. The highest BCUT2D eigenvalue weighted by Gasteiger charge is 2.12. The first-order valence-corrected chi connectivity index (χ1v) is 5.99. The highest BCUT2D eigenvalue weighted by molar-refractivity contribution is 5.62. The lowest BCUT2D eigenvalue weighted by molar-refractivity contribution is -0.385. The smallest absolute Gasteiger partial charge is 0.287 e. The van der Waals surface area contributed by atoms with Crippen LogP contribution in [0.2, 0.25) is 0 Å². The average Bonchev–Trinajstić information content (AvgIpc) is 2.48. The van der Waals surface area contributed by atoms with Crippen molar-refractivity contribution in [3.63, 3.8) is 0 Å². The molecule has 102 valence electrons. The molecule has 7 nitrogen and oxygen atoms in total. The van der Waals surface area contributed by atoms with Crippen molar-refractivity contribution >= 4 is 17.2 Å². The molecule has 7 heteroatoms. The molecular formula is C13H11N3O4. The fraction of sp³-hybridized carbons (Fsp3) is 0.154. The number of anilines is 2. The number of benzene rings is 1. The first-order chi connectivity index (χ1) is 9.72. The molecule has 0 fully saturated rings. The van der Waals surface area contributed by atoms with Crippen LogP contribution in [0.1, 0.15) is 0 Å². The summed E-state index contributed by atoms with van der Waals surface area (Å²) in [5, 5.41) is 13.6. The molecule has 0 aliphatic carbocycles. The van der Waals surface area contributed by atoms with E-state index in [2.05, 4.69) is 10.3 Å². The van der Waals surface area contributed by atoms with Crippen molar-refractivity contribution in [3.8, 4) is 11.5 Å². The van der Waals surface area contributed by atoms with Crippen LogP contribution in [0.3, 0.4) is 0 Å². The Hall–Kier alpha value is -2.83. The van der Waals surface area contributed by atoms with E-state index < -0.39 is 4.92 Å². The van der Waals surface area contributed by atoms with Gasteiger partial charge in [0.1, 0.15) is 25.2 Å². The van der Waals surface area contributed by atoms with E-state index in [-0.39, 0.29) is 5.69 Å². The fourth-order valence-corrected chi connectivity index (χ4v) is 1.84. The van der Waals surface area contributed by atoms with E-state index in [1.807, 2.05) is 12.1 Å². The van der Waals surface area contributed by atoms with Crippen molar-refractivity contribution < 1.29 is 14.4 Å². The standard InChI is InChI=1S/C13H11N3O4/c17-16(18)10-2-4-13(14-8-10)15-9-1-3-11-12(7-9)20-6-5-19-11/h1-4,7-8H,5-6H2,(H,14,15). The summed E-state index contributed by atoms with van der Waals surface area (Å²) >= 11 is 0. The van der Waals surface area contributed by atoms with E-state index in [1.54, 1.807) is 12.1 Å². The van der Waals surface area contributed by atoms with Crippen molar-refractivity contribution in [1.29, 1.82) is 0 Å². The molecule has 1 N–H and O–H groups in total. The third-order valence-electron chi connectivity index (χ3n) is 2.77. The molecule has 0 amide bonds. The molecule has 1 aromatic carbocycles. The molecule has 1 aliphatic rings. The van der Waals surface area contributed by atoms with Crippen molar-refractivity contribution in [2.45, 2.75) is 0 Å². The van der Waals surface area contributed by atoms with Crippen LogP contribution in [0.25, 0.3) is 0 Å². The minimum absolute atomic E-state index is 0.0438. The quantitative estimate of drug-likeness (QED) is 0.683. The number of ether oxygens (including phenoxy) is 2. The summed E-state index contributed by atoms with van der Waals surface area (Å²) in [6, 6.07) is 8.39. The summed E-state index contributed by atoms with van der Waals surface area (Å²) in [7, 11) is 0. The predicted octanol–water partition coefficient (Wildman–Crippen LogP) is 2.50. The summed E-state index contributed by atoms with van der Waals surface area (Å²) < 4.78 is 10.9. The van der Waals surface area contributed by atoms with Gasteiger partial charge in [0.2, 0.25) is 0 Å². The van der Waals surface area contributed by atoms with E-state index in [0.717, 1.165) is 5.69 Å². The van der Waals surface area contributed by atoms with Gasteiger partial charge in [-0.1, -0.05) is 0 Å². The third kappa shape index (κ3) is 2.46.